The molecule has 0 aliphatic heterocycles. The van der Waals surface area contributed by atoms with Crippen molar-refractivity contribution in [3.63, 3.8) is 0 Å². The third-order valence-corrected chi connectivity index (χ3v) is 2.29. The number of pyridine rings is 1. The smallest absolute Gasteiger partial charge is 0.222 e. The molecular formula is C10H10BrN5. The van der Waals surface area contributed by atoms with Crippen LogP contribution >= 0.6 is 15.9 Å². The van der Waals surface area contributed by atoms with Crippen LogP contribution in [0.4, 0.5) is 11.8 Å². The minimum Gasteiger partial charge on any atom is -0.384 e. The van der Waals surface area contributed by atoms with Gasteiger partial charge in [0.2, 0.25) is 5.95 Å². The van der Waals surface area contributed by atoms with E-state index in [-0.39, 0.29) is 0 Å². The Morgan fingerprint density at radius 1 is 1.25 bits per heavy atom. The van der Waals surface area contributed by atoms with Crippen molar-refractivity contribution in [1.82, 2.24) is 15.0 Å². The van der Waals surface area contributed by atoms with Crippen LogP contribution in [0.25, 0.3) is 0 Å². The third-order valence-electron chi connectivity index (χ3n) is 1.88. The van der Waals surface area contributed by atoms with Crippen molar-refractivity contribution in [1.29, 1.82) is 0 Å². The first-order chi connectivity index (χ1) is 7.74. The number of aromatic nitrogens is 3. The maximum Gasteiger partial charge on any atom is 0.222 e. The molecule has 0 aliphatic carbocycles. The Balaban J connectivity index is 1.99. The quantitative estimate of drug-likeness (QED) is 0.897. The highest BCUT2D eigenvalue weighted by Crippen LogP contribution is 2.08. The van der Waals surface area contributed by atoms with Crippen LogP contribution in [0.15, 0.2) is 35.1 Å². The van der Waals surface area contributed by atoms with Crippen LogP contribution in [0.5, 0.6) is 0 Å². The molecule has 2 aromatic heterocycles. The average Bonchev–Trinajstić information content (AvgIpc) is 2.28. The van der Waals surface area contributed by atoms with Gasteiger partial charge >= 0.3 is 0 Å². The van der Waals surface area contributed by atoms with Crippen molar-refractivity contribution >= 4 is 27.7 Å². The summed E-state index contributed by atoms with van der Waals surface area (Å²) in [6.07, 6.45) is 3.37. The summed E-state index contributed by atoms with van der Waals surface area (Å²) >= 11 is 3.27. The fourth-order valence-corrected chi connectivity index (χ4v) is 1.37. The summed E-state index contributed by atoms with van der Waals surface area (Å²) in [4.78, 5) is 12.3. The topological polar surface area (TPSA) is 76.7 Å². The number of nitrogen functional groups attached to an aromatic ring is 1. The molecule has 3 N–H and O–H groups in total. The monoisotopic (exact) mass is 279 g/mol. The van der Waals surface area contributed by atoms with E-state index in [9.17, 15) is 0 Å². The summed E-state index contributed by atoms with van der Waals surface area (Å²) in [6.45, 7) is 0.548. The van der Waals surface area contributed by atoms with E-state index in [1.54, 1.807) is 18.5 Å². The van der Waals surface area contributed by atoms with Gasteiger partial charge in [0.15, 0.2) is 0 Å². The van der Waals surface area contributed by atoms with E-state index in [4.69, 9.17) is 5.73 Å². The van der Waals surface area contributed by atoms with Gasteiger partial charge < -0.3 is 11.1 Å². The predicted octanol–water partition coefficient (Wildman–Crippen LogP) is 1.83. The summed E-state index contributed by atoms with van der Waals surface area (Å²) in [5.74, 6) is 1.07. The molecule has 0 fully saturated rings. The number of nitrogens with two attached hydrogens (primary N) is 1. The molecule has 5 nitrogen and oxygen atoms in total. The fraction of sp³-hybridized carbons (Fsp3) is 0.100. The van der Waals surface area contributed by atoms with Crippen molar-refractivity contribution in [2.45, 2.75) is 6.54 Å². The van der Waals surface area contributed by atoms with Gasteiger partial charge in [-0.2, -0.15) is 0 Å². The predicted molar refractivity (Wildman–Crippen MR) is 65.7 cm³/mol. The number of hydrogen-bond donors (Lipinski definition) is 2. The molecule has 0 aromatic carbocycles. The molecular weight excluding hydrogens is 270 g/mol. The van der Waals surface area contributed by atoms with Crippen molar-refractivity contribution in [3.8, 4) is 0 Å². The summed E-state index contributed by atoms with van der Waals surface area (Å²) < 4.78 is 0.847. The van der Waals surface area contributed by atoms with Crippen molar-refractivity contribution in [2.75, 3.05) is 11.1 Å². The van der Waals surface area contributed by atoms with Crippen LogP contribution in [0, 0.1) is 0 Å². The fourth-order valence-electron chi connectivity index (χ4n) is 1.17. The van der Waals surface area contributed by atoms with Gasteiger partial charge in [0.05, 0.1) is 16.7 Å². The summed E-state index contributed by atoms with van der Waals surface area (Å²) in [6, 6.07) is 5.50. The van der Waals surface area contributed by atoms with Crippen LogP contribution in [-0.4, -0.2) is 15.0 Å². The first-order valence-electron chi connectivity index (χ1n) is 4.67. The standard InChI is InChI=1S/C10H10BrN5/c11-7-4-13-10(14-5-7)15-6-8-2-1-3-9(12)16-8/h1-5H,6H2,(H2,12,16)(H,13,14,15). The normalized spacial score (nSPS) is 10.1. The number of anilines is 2. The van der Waals surface area contributed by atoms with Gasteiger partial charge in [-0.05, 0) is 28.1 Å². The Hall–Kier alpha value is -1.69. The molecule has 0 atom stereocenters. The Labute approximate surface area is 101 Å². The van der Waals surface area contributed by atoms with Crippen LogP contribution in [0.1, 0.15) is 5.69 Å². The zero-order valence-corrected chi connectivity index (χ0v) is 9.98. The lowest BCUT2D eigenvalue weighted by atomic mass is 10.3. The minimum atomic E-state index is 0.510. The van der Waals surface area contributed by atoms with Crippen LogP contribution < -0.4 is 11.1 Å². The Kier molecular flexibility index (Phi) is 3.31. The van der Waals surface area contributed by atoms with Crippen molar-refractivity contribution < 1.29 is 0 Å². The van der Waals surface area contributed by atoms with Gasteiger partial charge in [-0.25, -0.2) is 15.0 Å². The lowest BCUT2D eigenvalue weighted by Gasteiger charge is -2.04. The largest absolute Gasteiger partial charge is 0.384 e. The first-order valence-corrected chi connectivity index (χ1v) is 5.46. The Morgan fingerprint density at radius 3 is 2.69 bits per heavy atom. The first kappa shape index (κ1) is 10.8. The van der Waals surface area contributed by atoms with Gasteiger partial charge in [0.1, 0.15) is 5.82 Å². The molecule has 16 heavy (non-hydrogen) atoms. The van der Waals surface area contributed by atoms with E-state index in [1.165, 1.54) is 0 Å². The van der Waals surface area contributed by atoms with E-state index < -0.39 is 0 Å². The summed E-state index contributed by atoms with van der Waals surface area (Å²) in [7, 11) is 0. The number of nitrogens with zero attached hydrogens (tertiary/aromatic N) is 3. The van der Waals surface area contributed by atoms with Crippen molar-refractivity contribution in [3.05, 3.63) is 40.8 Å². The molecule has 0 unspecified atom stereocenters. The van der Waals surface area contributed by atoms with Crippen molar-refractivity contribution in [2.24, 2.45) is 0 Å². The lowest BCUT2D eigenvalue weighted by Crippen LogP contribution is -2.05. The minimum absolute atomic E-state index is 0.510. The van der Waals surface area contributed by atoms with Crippen LogP contribution in [-0.2, 0) is 6.54 Å². The van der Waals surface area contributed by atoms with E-state index in [1.807, 2.05) is 12.1 Å². The molecule has 0 bridgehead atoms. The second-order valence-corrected chi connectivity index (χ2v) is 4.05. The summed E-state index contributed by atoms with van der Waals surface area (Å²) in [5, 5.41) is 3.05. The van der Waals surface area contributed by atoms with Crippen LogP contribution in [0.3, 0.4) is 0 Å². The highest BCUT2D eigenvalue weighted by molar-refractivity contribution is 9.10. The number of halogens is 1. The molecule has 82 valence electrons. The second-order valence-electron chi connectivity index (χ2n) is 3.13. The molecule has 0 saturated carbocycles. The number of nitrogens with one attached hydrogen (secondary N) is 1. The van der Waals surface area contributed by atoms with Gasteiger partial charge in [0.25, 0.3) is 0 Å². The molecule has 2 rings (SSSR count). The van der Waals surface area contributed by atoms with Gasteiger partial charge in [-0.15, -0.1) is 0 Å². The van der Waals surface area contributed by atoms with Gasteiger partial charge in [0, 0.05) is 12.4 Å². The zero-order chi connectivity index (χ0) is 11.4. The highest BCUT2D eigenvalue weighted by Gasteiger charge is 1.98. The molecule has 0 aliphatic rings. The lowest BCUT2D eigenvalue weighted by molar-refractivity contribution is 1.00. The average molecular weight is 280 g/mol. The molecule has 0 saturated heterocycles. The summed E-state index contributed by atoms with van der Waals surface area (Å²) in [5.41, 5.74) is 6.42. The van der Waals surface area contributed by atoms with E-state index in [0.29, 0.717) is 18.3 Å². The molecule has 2 aromatic rings. The zero-order valence-electron chi connectivity index (χ0n) is 8.39. The van der Waals surface area contributed by atoms with Gasteiger partial charge in [-0.3, -0.25) is 0 Å². The maximum absolute atomic E-state index is 5.57. The van der Waals surface area contributed by atoms with Gasteiger partial charge in [-0.1, -0.05) is 6.07 Å². The van der Waals surface area contributed by atoms with E-state index in [0.717, 1.165) is 10.2 Å². The Morgan fingerprint density at radius 2 is 2.00 bits per heavy atom. The van der Waals surface area contributed by atoms with Crippen LogP contribution in [0.2, 0.25) is 0 Å². The maximum atomic E-state index is 5.57. The molecule has 6 heteroatoms. The number of hydrogen-bond acceptors (Lipinski definition) is 5. The Bertz CT molecular complexity index is 471. The number of rotatable bonds is 3. The third kappa shape index (κ3) is 2.90. The SMILES string of the molecule is Nc1cccc(CNc2ncc(Br)cn2)n1. The molecule has 0 radical (unpaired) electrons. The highest BCUT2D eigenvalue weighted by atomic mass is 79.9. The molecule has 0 spiro atoms. The van der Waals surface area contributed by atoms with E-state index >= 15 is 0 Å². The molecule has 2 heterocycles. The second kappa shape index (κ2) is 4.89. The molecule has 0 amide bonds. The van der Waals surface area contributed by atoms with E-state index in [2.05, 4.69) is 36.2 Å².